The molecule has 0 atom stereocenters. The van der Waals surface area contributed by atoms with Gasteiger partial charge in [-0.3, -0.25) is 0 Å². The van der Waals surface area contributed by atoms with Crippen LogP contribution in [0.25, 0.3) is 0 Å². The van der Waals surface area contributed by atoms with Gasteiger partial charge in [0.25, 0.3) is 0 Å². The number of benzene rings is 1. The van der Waals surface area contributed by atoms with Crippen molar-refractivity contribution in [1.29, 1.82) is 0 Å². The summed E-state index contributed by atoms with van der Waals surface area (Å²) < 4.78 is 10.5. The lowest BCUT2D eigenvalue weighted by atomic mass is 10.1. The maximum absolute atomic E-state index is 5.33. The maximum Gasteiger partial charge on any atom is 0.191 e. The fourth-order valence-corrected chi connectivity index (χ4v) is 2.10. The summed E-state index contributed by atoms with van der Waals surface area (Å²) in [6.45, 7) is 8.16. The van der Waals surface area contributed by atoms with Crippen LogP contribution in [0.1, 0.15) is 43.7 Å². The second kappa shape index (κ2) is 11.0. The summed E-state index contributed by atoms with van der Waals surface area (Å²) >= 11 is 0. The zero-order valence-electron chi connectivity index (χ0n) is 15.2. The van der Waals surface area contributed by atoms with Gasteiger partial charge in [0.2, 0.25) is 0 Å². The zero-order valence-corrected chi connectivity index (χ0v) is 17.5. The molecule has 0 unspecified atom stereocenters. The number of aromatic nitrogens is 1. The van der Waals surface area contributed by atoms with E-state index in [0.29, 0.717) is 19.0 Å². The van der Waals surface area contributed by atoms with Gasteiger partial charge in [0.05, 0.1) is 25.9 Å². The molecule has 1 heterocycles. The van der Waals surface area contributed by atoms with Gasteiger partial charge in [0, 0.05) is 12.6 Å². The van der Waals surface area contributed by atoms with Crippen molar-refractivity contribution in [2.75, 3.05) is 13.7 Å². The molecule has 0 bridgehead atoms. The van der Waals surface area contributed by atoms with Crippen molar-refractivity contribution in [1.82, 2.24) is 15.8 Å². The lowest BCUT2D eigenvalue weighted by Crippen LogP contribution is -2.36. The second-order valence-corrected chi connectivity index (χ2v) is 5.77. The van der Waals surface area contributed by atoms with Crippen molar-refractivity contribution in [3.05, 3.63) is 47.3 Å². The third-order valence-electron chi connectivity index (χ3n) is 3.52. The predicted molar refractivity (Wildman–Crippen MR) is 111 cm³/mol. The highest BCUT2D eigenvalue weighted by Crippen LogP contribution is 2.14. The first kappa shape index (κ1) is 21.3. The average Bonchev–Trinajstić information content (AvgIpc) is 3.07. The Hall–Kier alpha value is -1.77. The van der Waals surface area contributed by atoms with Gasteiger partial charge in [-0.25, -0.2) is 4.99 Å². The van der Waals surface area contributed by atoms with E-state index in [1.165, 1.54) is 0 Å². The van der Waals surface area contributed by atoms with Gasteiger partial charge in [0.1, 0.15) is 5.75 Å². The minimum atomic E-state index is 0. The number of guanidine groups is 1. The van der Waals surface area contributed by atoms with Gasteiger partial charge in [-0.15, -0.1) is 24.0 Å². The van der Waals surface area contributed by atoms with Crippen molar-refractivity contribution in [3.63, 3.8) is 0 Å². The van der Waals surface area contributed by atoms with Gasteiger partial charge in [-0.05, 0) is 30.5 Å². The molecule has 0 fully saturated rings. The Morgan fingerprint density at radius 3 is 2.52 bits per heavy atom. The molecular formula is C18H27IN4O2. The van der Waals surface area contributed by atoms with Gasteiger partial charge in [0.15, 0.2) is 11.7 Å². The molecule has 0 saturated heterocycles. The Balaban J connectivity index is 0.00000312. The third kappa shape index (κ3) is 6.93. The number of hydrogen-bond donors (Lipinski definition) is 2. The molecule has 25 heavy (non-hydrogen) atoms. The van der Waals surface area contributed by atoms with E-state index in [-0.39, 0.29) is 24.0 Å². The predicted octanol–water partition coefficient (Wildman–Crippen LogP) is 3.68. The lowest BCUT2D eigenvalue weighted by Gasteiger charge is -2.10. The van der Waals surface area contributed by atoms with Crippen LogP contribution in [0.2, 0.25) is 0 Å². The highest BCUT2D eigenvalue weighted by Gasteiger charge is 2.08. The van der Waals surface area contributed by atoms with E-state index < -0.39 is 0 Å². The van der Waals surface area contributed by atoms with Crippen molar-refractivity contribution in [2.45, 2.75) is 39.8 Å². The molecule has 1 aromatic carbocycles. The number of rotatable bonds is 7. The van der Waals surface area contributed by atoms with E-state index >= 15 is 0 Å². The van der Waals surface area contributed by atoms with Crippen LogP contribution in [-0.4, -0.2) is 24.8 Å². The maximum atomic E-state index is 5.33. The molecule has 0 saturated carbocycles. The van der Waals surface area contributed by atoms with E-state index in [4.69, 9.17) is 9.26 Å². The van der Waals surface area contributed by atoms with Crippen molar-refractivity contribution < 1.29 is 9.26 Å². The number of aliphatic imine (C=N–C) groups is 1. The Morgan fingerprint density at radius 2 is 1.96 bits per heavy atom. The molecule has 2 rings (SSSR count). The van der Waals surface area contributed by atoms with E-state index in [1.807, 2.05) is 37.3 Å². The molecule has 0 radical (unpaired) electrons. The van der Waals surface area contributed by atoms with E-state index in [0.717, 1.165) is 35.3 Å². The molecule has 0 aliphatic rings. The van der Waals surface area contributed by atoms with Crippen LogP contribution < -0.4 is 15.4 Å². The van der Waals surface area contributed by atoms with Crippen LogP contribution in [0.5, 0.6) is 5.75 Å². The number of hydrogen-bond acceptors (Lipinski definition) is 4. The van der Waals surface area contributed by atoms with Crippen LogP contribution >= 0.6 is 24.0 Å². The second-order valence-electron chi connectivity index (χ2n) is 5.77. The molecular weight excluding hydrogens is 431 g/mol. The number of methoxy groups -OCH3 is 1. The van der Waals surface area contributed by atoms with Crippen LogP contribution in [0, 0.1) is 0 Å². The normalized spacial score (nSPS) is 11.2. The van der Waals surface area contributed by atoms with E-state index in [2.05, 4.69) is 34.6 Å². The number of ether oxygens (including phenoxy) is 1. The number of nitrogens with zero attached hydrogens (tertiary/aromatic N) is 2. The first-order valence-electron chi connectivity index (χ1n) is 8.23. The molecule has 0 aliphatic carbocycles. The Kier molecular flexibility index (Phi) is 9.33. The molecule has 0 amide bonds. The Morgan fingerprint density at radius 1 is 1.24 bits per heavy atom. The third-order valence-corrected chi connectivity index (χ3v) is 3.52. The Labute approximate surface area is 166 Å². The first-order valence-corrected chi connectivity index (χ1v) is 8.23. The molecule has 138 valence electrons. The SMILES string of the molecule is CCNC(=NCc1ccc(OC)cc1)NCc1cc(C(C)C)no1.I. The number of nitrogens with one attached hydrogen (secondary N) is 2. The lowest BCUT2D eigenvalue weighted by molar-refractivity contribution is 0.372. The number of halogens is 1. The highest BCUT2D eigenvalue weighted by atomic mass is 127. The molecule has 6 nitrogen and oxygen atoms in total. The smallest absolute Gasteiger partial charge is 0.191 e. The van der Waals surface area contributed by atoms with Gasteiger partial charge in [-0.1, -0.05) is 31.1 Å². The summed E-state index contributed by atoms with van der Waals surface area (Å²) in [5.74, 6) is 2.75. The summed E-state index contributed by atoms with van der Waals surface area (Å²) in [7, 11) is 1.66. The fourth-order valence-electron chi connectivity index (χ4n) is 2.10. The van der Waals surface area contributed by atoms with Crippen LogP contribution in [-0.2, 0) is 13.1 Å². The minimum Gasteiger partial charge on any atom is -0.497 e. The molecule has 2 aromatic rings. The summed E-state index contributed by atoms with van der Waals surface area (Å²) in [4.78, 5) is 4.59. The first-order chi connectivity index (χ1) is 11.6. The Bertz CT molecular complexity index is 653. The fraction of sp³-hybridized carbons (Fsp3) is 0.444. The van der Waals surface area contributed by atoms with Gasteiger partial charge >= 0.3 is 0 Å². The van der Waals surface area contributed by atoms with Gasteiger partial charge < -0.3 is 19.9 Å². The van der Waals surface area contributed by atoms with Crippen LogP contribution in [0.3, 0.4) is 0 Å². The average molecular weight is 458 g/mol. The summed E-state index contributed by atoms with van der Waals surface area (Å²) in [6.07, 6.45) is 0. The minimum absolute atomic E-state index is 0. The largest absolute Gasteiger partial charge is 0.497 e. The summed E-state index contributed by atoms with van der Waals surface area (Å²) in [5, 5.41) is 10.6. The van der Waals surface area contributed by atoms with Crippen molar-refractivity contribution in [3.8, 4) is 5.75 Å². The molecule has 0 spiro atoms. The monoisotopic (exact) mass is 458 g/mol. The standard InChI is InChI=1S/C18H26N4O2.HI/c1-5-19-18(20-11-14-6-8-15(23-4)9-7-14)21-12-16-10-17(13(2)3)22-24-16;/h6-10,13H,5,11-12H2,1-4H3,(H2,19,20,21);1H. The van der Waals surface area contributed by atoms with E-state index in [1.54, 1.807) is 7.11 Å². The van der Waals surface area contributed by atoms with Crippen LogP contribution in [0.15, 0.2) is 39.8 Å². The topological polar surface area (TPSA) is 71.7 Å². The van der Waals surface area contributed by atoms with E-state index in [9.17, 15) is 0 Å². The molecule has 0 aliphatic heterocycles. The van der Waals surface area contributed by atoms with Crippen LogP contribution in [0.4, 0.5) is 0 Å². The molecule has 1 aromatic heterocycles. The van der Waals surface area contributed by atoms with Crippen molar-refractivity contribution >= 4 is 29.9 Å². The quantitative estimate of drug-likeness (QED) is 0.376. The molecule has 7 heteroatoms. The van der Waals surface area contributed by atoms with Gasteiger partial charge in [-0.2, -0.15) is 0 Å². The zero-order chi connectivity index (χ0) is 17.4. The summed E-state index contributed by atoms with van der Waals surface area (Å²) in [6, 6.07) is 9.87. The van der Waals surface area contributed by atoms with Crippen molar-refractivity contribution in [2.24, 2.45) is 4.99 Å². The summed E-state index contributed by atoms with van der Waals surface area (Å²) in [5.41, 5.74) is 2.08. The highest BCUT2D eigenvalue weighted by molar-refractivity contribution is 14.0. The molecule has 2 N–H and O–H groups in total.